The van der Waals surface area contributed by atoms with Crippen LogP contribution in [0.5, 0.6) is 0 Å². The number of aromatic amines is 1. The number of halogens is 1. The number of aryl methyl sites for hydroxylation is 1. The van der Waals surface area contributed by atoms with Crippen molar-refractivity contribution in [3.05, 3.63) is 22.3 Å². The van der Waals surface area contributed by atoms with Gasteiger partial charge in [-0.1, -0.05) is 11.6 Å². The Kier molecular flexibility index (Phi) is 1.86. The van der Waals surface area contributed by atoms with Crippen LogP contribution in [0.1, 0.15) is 5.82 Å². The molecule has 0 aromatic carbocycles. The van der Waals surface area contributed by atoms with Gasteiger partial charge in [0.1, 0.15) is 5.82 Å². The summed E-state index contributed by atoms with van der Waals surface area (Å²) in [6.45, 7) is 1.86. The zero-order chi connectivity index (χ0) is 8.55. The van der Waals surface area contributed by atoms with Gasteiger partial charge in [0.15, 0.2) is 5.82 Å². The van der Waals surface area contributed by atoms with Gasteiger partial charge >= 0.3 is 0 Å². The van der Waals surface area contributed by atoms with Crippen LogP contribution in [0.15, 0.2) is 11.4 Å². The summed E-state index contributed by atoms with van der Waals surface area (Å²) in [5.41, 5.74) is 0. The number of nitrogens with one attached hydrogen (secondary N) is 1. The van der Waals surface area contributed by atoms with E-state index in [0.29, 0.717) is 10.8 Å². The second-order valence-corrected chi connectivity index (χ2v) is 3.67. The number of rotatable bonds is 1. The first-order valence-corrected chi connectivity index (χ1v) is 4.65. The van der Waals surface area contributed by atoms with E-state index in [2.05, 4.69) is 15.2 Å². The zero-order valence-corrected chi connectivity index (χ0v) is 7.91. The summed E-state index contributed by atoms with van der Waals surface area (Å²) >= 11 is 7.44. The number of hydrogen-bond acceptors (Lipinski definition) is 3. The Hall–Kier alpha value is -0.870. The third kappa shape index (κ3) is 1.23. The topological polar surface area (TPSA) is 41.6 Å². The molecule has 12 heavy (non-hydrogen) atoms. The van der Waals surface area contributed by atoms with Crippen molar-refractivity contribution in [2.45, 2.75) is 6.92 Å². The van der Waals surface area contributed by atoms with E-state index in [1.54, 1.807) is 0 Å². The molecule has 1 N–H and O–H groups in total. The van der Waals surface area contributed by atoms with E-state index in [4.69, 9.17) is 11.6 Å². The van der Waals surface area contributed by atoms with E-state index in [-0.39, 0.29) is 0 Å². The number of thiophene rings is 1. The SMILES string of the molecule is Cc1nc(-c2sccc2Cl)n[nH]1. The predicted molar refractivity (Wildman–Crippen MR) is 49.4 cm³/mol. The molecule has 0 fully saturated rings. The zero-order valence-electron chi connectivity index (χ0n) is 6.34. The molecule has 2 aromatic rings. The molecular formula is C7H6ClN3S. The molecular weight excluding hydrogens is 194 g/mol. The van der Waals surface area contributed by atoms with Gasteiger partial charge in [-0.2, -0.15) is 5.10 Å². The van der Waals surface area contributed by atoms with E-state index in [1.165, 1.54) is 11.3 Å². The van der Waals surface area contributed by atoms with Gasteiger partial charge in [-0.15, -0.1) is 11.3 Å². The van der Waals surface area contributed by atoms with Gasteiger partial charge in [0.2, 0.25) is 0 Å². The second-order valence-electron chi connectivity index (χ2n) is 2.34. The van der Waals surface area contributed by atoms with Crippen molar-refractivity contribution in [2.75, 3.05) is 0 Å². The molecule has 0 amide bonds. The van der Waals surface area contributed by atoms with Crippen molar-refractivity contribution in [1.29, 1.82) is 0 Å². The predicted octanol–water partition coefficient (Wildman–Crippen LogP) is 2.50. The number of hydrogen-bond donors (Lipinski definition) is 1. The minimum absolute atomic E-state index is 0.674. The largest absolute Gasteiger partial charge is 0.263 e. The highest BCUT2D eigenvalue weighted by Gasteiger charge is 2.08. The maximum atomic E-state index is 5.90. The maximum Gasteiger partial charge on any atom is 0.192 e. The van der Waals surface area contributed by atoms with Crippen LogP contribution in [-0.2, 0) is 0 Å². The van der Waals surface area contributed by atoms with Crippen LogP contribution in [0.3, 0.4) is 0 Å². The summed E-state index contributed by atoms with van der Waals surface area (Å²) in [5.74, 6) is 1.47. The third-order valence-corrected chi connectivity index (χ3v) is 2.75. The van der Waals surface area contributed by atoms with Crippen LogP contribution in [0.4, 0.5) is 0 Å². The minimum atomic E-state index is 0.674. The molecule has 0 aliphatic heterocycles. The van der Waals surface area contributed by atoms with Gasteiger partial charge in [0, 0.05) is 0 Å². The summed E-state index contributed by atoms with van der Waals surface area (Å²) in [6, 6.07) is 1.84. The van der Waals surface area contributed by atoms with Crippen molar-refractivity contribution >= 4 is 22.9 Å². The average Bonchev–Trinajstić information content (AvgIpc) is 2.58. The first kappa shape index (κ1) is 7.76. The highest BCUT2D eigenvalue weighted by Crippen LogP contribution is 2.30. The molecule has 2 aromatic heterocycles. The summed E-state index contributed by atoms with van der Waals surface area (Å²) in [7, 11) is 0. The number of H-pyrrole nitrogens is 1. The molecule has 2 heterocycles. The van der Waals surface area contributed by atoms with Gasteiger partial charge in [-0.25, -0.2) is 4.98 Å². The fourth-order valence-electron chi connectivity index (χ4n) is 0.898. The summed E-state index contributed by atoms with van der Waals surface area (Å²) in [6.07, 6.45) is 0. The Labute approximate surface area is 78.4 Å². The molecule has 3 nitrogen and oxygen atoms in total. The molecule has 62 valence electrons. The molecule has 0 saturated heterocycles. The Balaban J connectivity index is 2.50. The second kappa shape index (κ2) is 2.88. The lowest BCUT2D eigenvalue weighted by Gasteiger charge is -1.87. The van der Waals surface area contributed by atoms with Gasteiger partial charge in [0.05, 0.1) is 9.90 Å². The Bertz CT molecular complexity index is 393. The van der Waals surface area contributed by atoms with Crippen molar-refractivity contribution in [2.24, 2.45) is 0 Å². The average molecular weight is 200 g/mol. The molecule has 0 unspecified atom stereocenters. The minimum Gasteiger partial charge on any atom is -0.263 e. The van der Waals surface area contributed by atoms with Crippen LogP contribution >= 0.6 is 22.9 Å². The lowest BCUT2D eigenvalue weighted by Crippen LogP contribution is -1.75. The smallest absolute Gasteiger partial charge is 0.192 e. The third-order valence-electron chi connectivity index (χ3n) is 1.42. The first-order valence-electron chi connectivity index (χ1n) is 3.40. The maximum absolute atomic E-state index is 5.90. The van der Waals surface area contributed by atoms with Crippen molar-refractivity contribution in [1.82, 2.24) is 15.2 Å². The first-order chi connectivity index (χ1) is 5.77. The summed E-state index contributed by atoms with van der Waals surface area (Å²) < 4.78 is 0. The van der Waals surface area contributed by atoms with Crippen molar-refractivity contribution in [3.63, 3.8) is 0 Å². The van der Waals surface area contributed by atoms with Gasteiger partial charge in [-0.05, 0) is 18.4 Å². The molecule has 0 aliphatic carbocycles. The van der Waals surface area contributed by atoms with Crippen molar-refractivity contribution < 1.29 is 0 Å². The number of nitrogens with zero attached hydrogens (tertiary/aromatic N) is 2. The highest BCUT2D eigenvalue weighted by molar-refractivity contribution is 7.14. The molecule has 2 rings (SSSR count). The fourth-order valence-corrected chi connectivity index (χ4v) is 1.97. The molecule has 0 spiro atoms. The lowest BCUT2D eigenvalue weighted by atomic mass is 10.4. The van der Waals surface area contributed by atoms with Crippen LogP contribution in [0.25, 0.3) is 10.7 Å². The van der Waals surface area contributed by atoms with E-state index < -0.39 is 0 Å². The van der Waals surface area contributed by atoms with E-state index in [0.717, 1.165) is 10.7 Å². The summed E-state index contributed by atoms with van der Waals surface area (Å²) in [5, 5.41) is 9.41. The molecule has 0 atom stereocenters. The van der Waals surface area contributed by atoms with Crippen molar-refractivity contribution in [3.8, 4) is 10.7 Å². The Morgan fingerprint density at radius 3 is 2.92 bits per heavy atom. The standard InChI is InChI=1S/C7H6ClN3S/c1-4-9-7(11-10-4)6-5(8)2-3-12-6/h2-3H,1H3,(H,9,10,11). The van der Waals surface area contributed by atoms with Crippen LogP contribution in [0.2, 0.25) is 5.02 Å². The van der Waals surface area contributed by atoms with Crippen LogP contribution in [-0.4, -0.2) is 15.2 Å². The fraction of sp³-hybridized carbons (Fsp3) is 0.143. The summed E-state index contributed by atoms with van der Waals surface area (Å²) in [4.78, 5) is 5.09. The molecule has 0 bridgehead atoms. The molecule has 0 aliphatic rings. The molecule has 5 heteroatoms. The van der Waals surface area contributed by atoms with Gasteiger partial charge < -0.3 is 0 Å². The number of aromatic nitrogens is 3. The Morgan fingerprint density at radius 1 is 1.58 bits per heavy atom. The molecule has 0 saturated carbocycles. The van der Waals surface area contributed by atoms with Crippen LogP contribution < -0.4 is 0 Å². The van der Waals surface area contributed by atoms with Gasteiger partial charge in [-0.3, -0.25) is 5.10 Å². The highest BCUT2D eigenvalue weighted by atomic mass is 35.5. The monoisotopic (exact) mass is 199 g/mol. The normalized spacial score (nSPS) is 10.5. The molecule has 0 radical (unpaired) electrons. The van der Waals surface area contributed by atoms with E-state index in [9.17, 15) is 0 Å². The van der Waals surface area contributed by atoms with Crippen LogP contribution in [0, 0.1) is 6.92 Å². The lowest BCUT2D eigenvalue weighted by molar-refractivity contribution is 1.04. The van der Waals surface area contributed by atoms with Gasteiger partial charge in [0.25, 0.3) is 0 Å². The Morgan fingerprint density at radius 2 is 2.42 bits per heavy atom. The quantitative estimate of drug-likeness (QED) is 0.767. The van der Waals surface area contributed by atoms with E-state index >= 15 is 0 Å². The van der Waals surface area contributed by atoms with E-state index in [1.807, 2.05) is 18.4 Å².